The topological polar surface area (TPSA) is 30.2 Å². The highest BCUT2D eigenvalue weighted by atomic mass is 35.5. The van der Waals surface area contributed by atoms with Gasteiger partial charge in [0.25, 0.3) is 0 Å². The van der Waals surface area contributed by atoms with Gasteiger partial charge in [-0.3, -0.25) is 4.79 Å². The normalized spacial score (nSPS) is 10.3. The minimum Gasteiger partial charge on any atom is -0.469 e. The van der Waals surface area contributed by atoms with E-state index in [9.17, 15) is 4.79 Å². The first-order valence-corrected chi connectivity index (χ1v) is 5.40. The molecule has 0 saturated heterocycles. The summed E-state index contributed by atoms with van der Waals surface area (Å²) in [5.41, 5.74) is 0.934. The van der Waals surface area contributed by atoms with Crippen molar-refractivity contribution in [1.29, 1.82) is 0 Å². The van der Waals surface area contributed by atoms with Crippen LogP contribution in [-0.4, -0.2) is 5.78 Å². The van der Waals surface area contributed by atoms with Gasteiger partial charge in [0.05, 0.1) is 12.7 Å². The number of halogens is 1. The molecule has 0 amide bonds. The maximum Gasteiger partial charge on any atom is 0.144 e. The van der Waals surface area contributed by atoms with Crippen LogP contribution in [-0.2, 0) is 17.6 Å². The van der Waals surface area contributed by atoms with E-state index in [-0.39, 0.29) is 5.78 Å². The van der Waals surface area contributed by atoms with Crippen molar-refractivity contribution in [2.45, 2.75) is 12.8 Å². The number of carbonyl (C=O) groups is 1. The van der Waals surface area contributed by atoms with E-state index in [1.54, 1.807) is 24.5 Å². The van der Waals surface area contributed by atoms with Crippen LogP contribution in [0.3, 0.4) is 0 Å². The number of Topliss-reactive ketones (excluding diaryl/α,β-unsaturated/α-hetero) is 1. The highest BCUT2D eigenvalue weighted by Gasteiger charge is 2.07. The summed E-state index contributed by atoms with van der Waals surface area (Å²) < 4.78 is 5.12. The number of hydrogen-bond donors (Lipinski definition) is 0. The predicted octanol–water partition coefficient (Wildman–Crippen LogP) is 3.29. The fourth-order valence-electron chi connectivity index (χ4n) is 1.54. The van der Waals surface area contributed by atoms with Crippen LogP contribution in [0.2, 0.25) is 5.02 Å². The molecule has 2 nitrogen and oxygen atoms in total. The van der Waals surface area contributed by atoms with Gasteiger partial charge >= 0.3 is 0 Å². The molecule has 0 aliphatic heterocycles. The molecule has 0 fully saturated rings. The van der Waals surface area contributed by atoms with Crippen LogP contribution in [0.5, 0.6) is 0 Å². The molecule has 1 aromatic heterocycles. The van der Waals surface area contributed by atoms with Crippen LogP contribution in [0.15, 0.2) is 47.1 Å². The number of furan rings is 1. The highest BCUT2D eigenvalue weighted by molar-refractivity contribution is 6.30. The van der Waals surface area contributed by atoms with Crippen molar-refractivity contribution in [3.05, 3.63) is 59.0 Å². The van der Waals surface area contributed by atoms with Crippen molar-refractivity contribution in [2.24, 2.45) is 0 Å². The van der Waals surface area contributed by atoms with Gasteiger partial charge in [-0.05, 0) is 29.8 Å². The number of rotatable bonds is 4. The van der Waals surface area contributed by atoms with Crippen LogP contribution in [0.4, 0.5) is 0 Å². The zero-order chi connectivity index (χ0) is 11.4. The lowest BCUT2D eigenvalue weighted by atomic mass is 10.1. The molecule has 1 aromatic carbocycles. The largest absolute Gasteiger partial charge is 0.469 e. The van der Waals surface area contributed by atoms with Crippen LogP contribution >= 0.6 is 11.6 Å². The second-order valence-corrected chi connectivity index (χ2v) is 4.04. The molecule has 0 spiro atoms. The molecule has 3 heteroatoms. The molecule has 2 aromatic rings. The zero-order valence-corrected chi connectivity index (χ0v) is 9.41. The van der Waals surface area contributed by atoms with Gasteiger partial charge in [0.2, 0.25) is 0 Å². The molecule has 2 rings (SSSR count). The average Bonchev–Trinajstić information content (AvgIpc) is 2.70. The standard InChI is InChI=1S/C13H11ClO2/c14-11-4-1-3-10(7-11)8-12(15)9-13-5-2-6-16-13/h1-7H,8-9H2. The van der Waals surface area contributed by atoms with E-state index >= 15 is 0 Å². The van der Waals surface area contributed by atoms with E-state index < -0.39 is 0 Å². The first-order valence-electron chi connectivity index (χ1n) is 5.02. The summed E-state index contributed by atoms with van der Waals surface area (Å²) in [6, 6.07) is 10.9. The third-order valence-corrected chi connectivity index (χ3v) is 2.48. The molecule has 0 saturated carbocycles. The van der Waals surface area contributed by atoms with Crippen molar-refractivity contribution < 1.29 is 9.21 Å². The molecule has 0 N–H and O–H groups in total. The maximum atomic E-state index is 11.7. The first-order chi connectivity index (χ1) is 7.74. The van der Waals surface area contributed by atoms with E-state index in [1.165, 1.54) is 0 Å². The number of hydrogen-bond acceptors (Lipinski definition) is 2. The molecule has 0 aliphatic carbocycles. The van der Waals surface area contributed by atoms with Crippen molar-refractivity contribution in [3.8, 4) is 0 Å². The Bertz CT molecular complexity index is 474. The summed E-state index contributed by atoms with van der Waals surface area (Å²) in [5.74, 6) is 0.823. The van der Waals surface area contributed by atoms with Gasteiger partial charge in [-0.1, -0.05) is 23.7 Å². The van der Waals surface area contributed by atoms with Crippen LogP contribution in [0, 0.1) is 0 Å². The van der Waals surface area contributed by atoms with Gasteiger partial charge in [0.15, 0.2) is 0 Å². The molecule has 0 unspecified atom stereocenters. The average molecular weight is 235 g/mol. The third-order valence-electron chi connectivity index (χ3n) is 2.24. The van der Waals surface area contributed by atoms with Gasteiger partial charge in [-0.2, -0.15) is 0 Å². The van der Waals surface area contributed by atoms with Crippen molar-refractivity contribution in [3.63, 3.8) is 0 Å². The van der Waals surface area contributed by atoms with Gasteiger partial charge in [-0.25, -0.2) is 0 Å². The smallest absolute Gasteiger partial charge is 0.144 e. The monoisotopic (exact) mass is 234 g/mol. The lowest BCUT2D eigenvalue weighted by Crippen LogP contribution is -2.05. The van der Waals surface area contributed by atoms with Crippen molar-refractivity contribution >= 4 is 17.4 Å². The Morgan fingerprint density at radius 2 is 2.06 bits per heavy atom. The minimum atomic E-state index is 0.122. The van der Waals surface area contributed by atoms with E-state index in [0.717, 1.165) is 5.56 Å². The Kier molecular flexibility index (Phi) is 3.42. The van der Waals surface area contributed by atoms with Gasteiger partial charge < -0.3 is 4.42 Å². The summed E-state index contributed by atoms with van der Waals surface area (Å²) in [5, 5.41) is 0.656. The van der Waals surface area contributed by atoms with Crippen molar-refractivity contribution in [2.75, 3.05) is 0 Å². The molecule has 0 aliphatic rings. The summed E-state index contributed by atoms with van der Waals surface area (Å²) >= 11 is 5.84. The third kappa shape index (κ3) is 2.97. The second-order valence-electron chi connectivity index (χ2n) is 3.60. The number of ketones is 1. The molecular weight excluding hydrogens is 224 g/mol. The number of benzene rings is 1. The van der Waals surface area contributed by atoms with Crippen LogP contribution < -0.4 is 0 Å². The Labute approximate surface area is 98.8 Å². The molecule has 16 heavy (non-hydrogen) atoms. The maximum absolute atomic E-state index is 11.7. The quantitative estimate of drug-likeness (QED) is 0.813. The van der Waals surface area contributed by atoms with E-state index in [4.69, 9.17) is 16.0 Å². The lowest BCUT2D eigenvalue weighted by Gasteiger charge is -2.00. The van der Waals surface area contributed by atoms with E-state index in [2.05, 4.69) is 0 Å². The summed E-state index contributed by atoms with van der Waals surface area (Å²) in [6.07, 6.45) is 2.29. The lowest BCUT2D eigenvalue weighted by molar-refractivity contribution is -0.118. The molecule has 0 atom stereocenters. The minimum absolute atomic E-state index is 0.122. The Balaban J connectivity index is 1.97. The van der Waals surface area contributed by atoms with Crippen LogP contribution in [0.25, 0.3) is 0 Å². The molecule has 0 bridgehead atoms. The molecule has 1 heterocycles. The molecule has 0 radical (unpaired) electrons. The first kappa shape index (κ1) is 11.0. The summed E-state index contributed by atoms with van der Waals surface area (Å²) in [7, 11) is 0. The van der Waals surface area contributed by atoms with Gasteiger partial charge in [-0.15, -0.1) is 0 Å². The highest BCUT2D eigenvalue weighted by Crippen LogP contribution is 2.12. The molecular formula is C13H11ClO2. The second kappa shape index (κ2) is 4.99. The van der Waals surface area contributed by atoms with Crippen LogP contribution in [0.1, 0.15) is 11.3 Å². The van der Waals surface area contributed by atoms with Gasteiger partial charge in [0.1, 0.15) is 11.5 Å². The number of carbonyl (C=O) groups excluding carboxylic acids is 1. The fraction of sp³-hybridized carbons (Fsp3) is 0.154. The summed E-state index contributed by atoms with van der Waals surface area (Å²) in [4.78, 5) is 11.7. The summed E-state index contributed by atoms with van der Waals surface area (Å²) in [6.45, 7) is 0. The van der Waals surface area contributed by atoms with E-state index in [0.29, 0.717) is 23.6 Å². The van der Waals surface area contributed by atoms with Crippen molar-refractivity contribution in [1.82, 2.24) is 0 Å². The Morgan fingerprint density at radius 1 is 1.19 bits per heavy atom. The fourth-order valence-corrected chi connectivity index (χ4v) is 1.76. The molecule has 82 valence electrons. The Hall–Kier alpha value is -1.54. The predicted molar refractivity (Wildman–Crippen MR) is 62.6 cm³/mol. The van der Waals surface area contributed by atoms with E-state index in [1.807, 2.05) is 18.2 Å². The Morgan fingerprint density at radius 3 is 2.75 bits per heavy atom. The van der Waals surface area contributed by atoms with Gasteiger partial charge in [0, 0.05) is 11.4 Å². The SMILES string of the molecule is O=C(Cc1cccc(Cl)c1)Cc1ccco1. The zero-order valence-electron chi connectivity index (χ0n) is 8.65.